The van der Waals surface area contributed by atoms with Gasteiger partial charge in [-0.1, -0.05) is 19.8 Å². The highest BCUT2D eigenvalue weighted by Crippen LogP contribution is 2.42. The molecule has 2 aromatic rings. The monoisotopic (exact) mass is 553 g/mol. The zero-order chi connectivity index (χ0) is 27.5. The summed E-state index contributed by atoms with van der Waals surface area (Å²) >= 11 is -1.13. The van der Waals surface area contributed by atoms with E-state index in [1.54, 1.807) is 37.7 Å². The Morgan fingerprint density at radius 1 is 1.24 bits per heavy atom. The van der Waals surface area contributed by atoms with Crippen LogP contribution in [0.15, 0.2) is 18.5 Å². The van der Waals surface area contributed by atoms with Crippen molar-refractivity contribution in [3.05, 3.63) is 29.7 Å². The SMILES string of the molecule is CCCC[S+]([O-])NC(c1cnn2cc([C@@H](NC(=O)OC(C)(C)C)C3CCC(F)(F)CC3)nc2c1)C1CCC1. The van der Waals surface area contributed by atoms with Crippen LogP contribution in [-0.2, 0) is 16.1 Å². The Hall–Kier alpha value is -1.98. The van der Waals surface area contributed by atoms with Gasteiger partial charge in [-0.05, 0) is 76.3 Å². The standard InChI is InChI=1S/C27H41F2N5O3S/c1-5-6-14-38(36)33-23(18-8-7-9-18)20-15-22-31-21(17-34(22)30-16-20)24(32-25(35)37-26(2,3)4)19-10-12-27(28,29)13-11-19/h15-19,23-24,33H,5-14H2,1-4H3,(H,32,35)/t23?,24-,38?/m0/s1. The van der Waals surface area contributed by atoms with Gasteiger partial charge in [0.15, 0.2) is 5.65 Å². The highest BCUT2D eigenvalue weighted by atomic mass is 32.2. The Morgan fingerprint density at radius 3 is 2.53 bits per heavy atom. The molecule has 38 heavy (non-hydrogen) atoms. The van der Waals surface area contributed by atoms with Crippen LogP contribution in [0.3, 0.4) is 0 Å². The number of amides is 1. The van der Waals surface area contributed by atoms with Crippen LogP contribution in [0.1, 0.15) is 109 Å². The maximum Gasteiger partial charge on any atom is 0.408 e. The number of unbranched alkanes of at least 4 members (excludes halogenated alkanes) is 1. The lowest BCUT2D eigenvalue weighted by Crippen LogP contribution is -2.40. The van der Waals surface area contributed by atoms with Crippen molar-refractivity contribution < 1.29 is 22.9 Å². The van der Waals surface area contributed by atoms with Crippen LogP contribution in [0.5, 0.6) is 0 Å². The second-order valence-electron chi connectivity index (χ2n) is 11.8. The molecule has 8 nitrogen and oxygen atoms in total. The third-order valence-corrected chi connectivity index (χ3v) is 8.68. The maximum atomic E-state index is 13.9. The van der Waals surface area contributed by atoms with E-state index < -0.39 is 35.0 Å². The molecule has 0 spiro atoms. The minimum absolute atomic E-state index is 0.0737. The van der Waals surface area contributed by atoms with E-state index in [-0.39, 0.29) is 37.6 Å². The first-order chi connectivity index (χ1) is 17.9. The average Bonchev–Trinajstić information content (AvgIpc) is 3.22. The Morgan fingerprint density at radius 2 is 1.92 bits per heavy atom. The molecule has 2 heterocycles. The lowest BCUT2D eigenvalue weighted by molar-refractivity contribution is -0.0500. The lowest BCUT2D eigenvalue weighted by atomic mass is 9.78. The first-order valence-electron chi connectivity index (χ1n) is 13.8. The van der Waals surface area contributed by atoms with Gasteiger partial charge in [-0.2, -0.15) is 5.10 Å². The summed E-state index contributed by atoms with van der Waals surface area (Å²) in [7, 11) is 0. The number of aromatic nitrogens is 3. The van der Waals surface area contributed by atoms with Crippen LogP contribution >= 0.6 is 0 Å². The highest BCUT2D eigenvalue weighted by Gasteiger charge is 2.40. The second-order valence-corrected chi connectivity index (χ2v) is 13.1. The normalized spacial score (nSPS) is 21.0. The number of carbonyl (C=O) groups is 1. The largest absolute Gasteiger partial charge is 0.598 e. The summed E-state index contributed by atoms with van der Waals surface area (Å²) in [5.74, 6) is -1.87. The molecule has 1 amide bonds. The van der Waals surface area contributed by atoms with Gasteiger partial charge in [0, 0.05) is 24.2 Å². The van der Waals surface area contributed by atoms with Gasteiger partial charge in [-0.15, -0.1) is 4.72 Å². The summed E-state index contributed by atoms with van der Waals surface area (Å²) in [6.07, 6.45) is 8.23. The number of alkyl carbamates (subject to hydrolysis) is 1. The Bertz CT molecular complexity index is 1080. The minimum Gasteiger partial charge on any atom is -0.598 e. The van der Waals surface area contributed by atoms with E-state index in [0.717, 1.165) is 37.7 Å². The van der Waals surface area contributed by atoms with Crippen LogP contribution in [-0.4, -0.2) is 42.5 Å². The summed E-state index contributed by atoms with van der Waals surface area (Å²) in [6.45, 7) is 7.42. The number of rotatable bonds is 10. The van der Waals surface area contributed by atoms with Crippen molar-refractivity contribution in [2.24, 2.45) is 11.8 Å². The van der Waals surface area contributed by atoms with Crippen molar-refractivity contribution in [1.82, 2.24) is 24.6 Å². The molecule has 0 bridgehead atoms. The van der Waals surface area contributed by atoms with Crippen molar-refractivity contribution in [3.63, 3.8) is 0 Å². The molecule has 2 fully saturated rings. The number of nitrogens with zero attached hydrogens (tertiary/aromatic N) is 3. The fraction of sp³-hybridized carbons (Fsp3) is 0.741. The van der Waals surface area contributed by atoms with Gasteiger partial charge in [0.2, 0.25) is 5.92 Å². The van der Waals surface area contributed by atoms with E-state index >= 15 is 0 Å². The molecule has 2 unspecified atom stereocenters. The third-order valence-electron chi connectivity index (χ3n) is 7.51. The number of hydrogen-bond donors (Lipinski definition) is 2. The number of nitrogens with one attached hydrogen (secondary N) is 2. The molecule has 0 saturated heterocycles. The topological polar surface area (TPSA) is 104 Å². The number of hydrogen-bond acceptors (Lipinski definition) is 6. The molecule has 212 valence electrons. The molecule has 0 radical (unpaired) electrons. The van der Waals surface area contributed by atoms with E-state index in [2.05, 4.69) is 22.1 Å². The van der Waals surface area contributed by atoms with Gasteiger partial charge < -0.3 is 14.6 Å². The fourth-order valence-corrected chi connectivity index (χ4v) is 6.46. The molecule has 2 aromatic heterocycles. The average molecular weight is 554 g/mol. The van der Waals surface area contributed by atoms with E-state index in [0.29, 0.717) is 23.0 Å². The van der Waals surface area contributed by atoms with Gasteiger partial charge >= 0.3 is 6.09 Å². The van der Waals surface area contributed by atoms with Crippen LogP contribution in [0.25, 0.3) is 5.65 Å². The van der Waals surface area contributed by atoms with E-state index in [9.17, 15) is 18.1 Å². The molecule has 2 aliphatic carbocycles. The van der Waals surface area contributed by atoms with Crippen molar-refractivity contribution in [2.75, 3.05) is 5.75 Å². The van der Waals surface area contributed by atoms with Crippen LogP contribution in [0.2, 0.25) is 0 Å². The van der Waals surface area contributed by atoms with Crippen LogP contribution in [0, 0.1) is 11.8 Å². The predicted molar refractivity (Wildman–Crippen MR) is 143 cm³/mol. The highest BCUT2D eigenvalue weighted by molar-refractivity contribution is 7.89. The fourth-order valence-electron chi connectivity index (χ4n) is 5.18. The van der Waals surface area contributed by atoms with Gasteiger partial charge in [0.25, 0.3) is 0 Å². The summed E-state index contributed by atoms with van der Waals surface area (Å²) in [5, 5.41) is 7.48. The van der Waals surface area contributed by atoms with E-state index in [1.165, 1.54) is 0 Å². The molecule has 2 aliphatic rings. The number of carbonyl (C=O) groups excluding carboxylic acids is 1. The van der Waals surface area contributed by atoms with Crippen LogP contribution < -0.4 is 10.0 Å². The number of halogens is 2. The Kier molecular flexibility index (Phi) is 9.19. The number of imidazole rings is 1. The second kappa shape index (κ2) is 12.0. The van der Waals surface area contributed by atoms with Crippen molar-refractivity contribution in [3.8, 4) is 0 Å². The molecule has 0 aromatic carbocycles. The molecular formula is C27H41F2N5O3S. The molecule has 11 heteroatoms. The van der Waals surface area contributed by atoms with Crippen molar-refractivity contribution in [2.45, 2.75) is 109 Å². The molecular weight excluding hydrogens is 512 g/mol. The summed E-state index contributed by atoms with van der Waals surface area (Å²) in [4.78, 5) is 17.5. The van der Waals surface area contributed by atoms with Gasteiger partial charge in [-0.3, -0.25) is 0 Å². The molecule has 3 atom stereocenters. The number of alkyl halides is 2. The third kappa shape index (κ3) is 7.57. The zero-order valence-electron chi connectivity index (χ0n) is 22.8. The molecule has 2 saturated carbocycles. The summed E-state index contributed by atoms with van der Waals surface area (Å²) in [6, 6.07) is 1.30. The number of fused-ring (bicyclic) bond motifs is 1. The summed E-state index contributed by atoms with van der Waals surface area (Å²) in [5.41, 5.74) is 1.40. The van der Waals surface area contributed by atoms with E-state index in [1.807, 2.05) is 6.07 Å². The van der Waals surface area contributed by atoms with Crippen molar-refractivity contribution in [1.29, 1.82) is 0 Å². The smallest absolute Gasteiger partial charge is 0.408 e. The van der Waals surface area contributed by atoms with Crippen LogP contribution in [0.4, 0.5) is 13.6 Å². The van der Waals surface area contributed by atoms with Crippen molar-refractivity contribution >= 4 is 23.1 Å². The first kappa shape index (κ1) is 29.0. The molecule has 4 rings (SSSR count). The number of ether oxygens (including phenoxy) is 1. The Balaban J connectivity index is 1.59. The Labute approximate surface area is 227 Å². The molecule has 2 N–H and O–H groups in total. The minimum atomic E-state index is -2.68. The predicted octanol–water partition coefficient (Wildman–Crippen LogP) is 6.02. The first-order valence-corrected chi connectivity index (χ1v) is 15.1. The van der Waals surface area contributed by atoms with Gasteiger partial charge in [0.1, 0.15) is 11.4 Å². The molecule has 0 aliphatic heterocycles. The quantitative estimate of drug-likeness (QED) is 0.349. The maximum absolute atomic E-state index is 13.9. The van der Waals surface area contributed by atoms with Gasteiger partial charge in [0.05, 0.1) is 30.2 Å². The lowest BCUT2D eigenvalue weighted by Gasteiger charge is -2.34. The van der Waals surface area contributed by atoms with E-state index in [4.69, 9.17) is 9.72 Å². The zero-order valence-corrected chi connectivity index (χ0v) is 23.7. The summed E-state index contributed by atoms with van der Waals surface area (Å²) < 4.78 is 50.9. The van der Waals surface area contributed by atoms with Gasteiger partial charge in [-0.25, -0.2) is 23.1 Å².